The molecule has 0 saturated carbocycles. The molecule has 234 valence electrons. The van der Waals surface area contributed by atoms with Gasteiger partial charge in [-0.15, -0.1) is 11.3 Å². The molecular weight excluding hydrogens is 629 g/mol. The molecule has 0 saturated heterocycles. The Bertz CT molecular complexity index is 2810. The van der Waals surface area contributed by atoms with Crippen LogP contribution in [-0.4, -0.2) is 19.5 Å². The molecule has 0 N–H and O–H groups in total. The number of fused-ring (bicyclic) bond motifs is 6. The predicted octanol–water partition coefficient (Wildman–Crippen LogP) is 12.0. The molecule has 4 nitrogen and oxygen atoms in total. The number of aromatic nitrogens is 4. The smallest absolute Gasteiger partial charge is 0.238 e. The SMILES string of the molecule is c1ccc(-c2nc(-c3ccccc3)nc(-n3c4ccccc4c4ccc(-c5cccc(-c6cccc7c6sc6ccccc67)c5)cc43)n2)cc1. The van der Waals surface area contributed by atoms with Gasteiger partial charge in [-0.3, -0.25) is 4.57 Å². The van der Waals surface area contributed by atoms with Crippen molar-refractivity contribution in [1.29, 1.82) is 0 Å². The van der Waals surface area contributed by atoms with Crippen molar-refractivity contribution < 1.29 is 0 Å². The number of benzene rings is 7. The first kappa shape index (κ1) is 28.6. The predicted molar refractivity (Wildman–Crippen MR) is 209 cm³/mol. The number of thiophene rings is 1. The van der Waals surface area contributed by atoms with Gasteiger partial charge in [0.05, 0.1) is 11.0 Å². The molecule has 0 unspecified atom stereocenters. The lowest BCUT2D eigenvalue weighted by atomic mass is 9.97. The zero-order valence-electron chi connectivity index (χ0n) is 26.9. The zero-order valence-corrected chi connectivity index (χ0v) is 27.7. The van der Waals surface area contributed by atoms with Gasteiger partial charge >= 0.3 is 0 Å². The number of nitrogens with zero attached hydrogens (tertiary/aromatic N) is 4. The second kappa shape index (κ2) is 11.6. The third-order valence-corrected chi connectivity index (χ3v) is 10.7. The van der Waals surface area contributed by atoms with Crippen LogP contribution in [0.1, 0.15) is 0 Å². The maximum Gasteiger partial charge on any atom is 0.238 e. The molecule has 0 atom stereocenters. The van der Waals surface area contributed by atoms with Crippen LogP contribution >= 0.6 is 11.3 Å². The van der Waals surface area contributed by atoms with E-state index in [9.17, 15) is 0 Å². The van der Waals surface area contributed by atoms with Gasteiger partial charge in [0.25, 0.3) is 0 Å². The highest BCUT2D eigenvalue weighted by Crippen LogP contribution is 2.41. The minimum absolute atomic E-state index is 0.589. The second-order valence-corrected chi connectivity index (χ2v) is 13.5. The third-order valence-electron chi connectivity index (χ3n) is 9.47. The lowest BCUT2D eigenvalue weighted by Crippen LogP contribution is -2.06. The van der Waals surface area contributed by atoms with Crippen LogP contribution in [0.15, 0.2) is 170 Å². The van der Waals surface area contributed by atoms with Crippen molar-refractivity contribution in [3.05, 3.63) is 170 Å². The first-order chi connectivity index (χ1) is 24.8. The Morgan fingerprint density at radius 1 is 0.380 bits per heavy atom. The Morgan fingerprint density at radius 2 is 0.960 bits per heavy atom. The van der Waals surface area contributed by atoms with E-state index in [1.807, 2.05) is 72.0 Å². The van der Waals surface area contributed by atoms with E-state index in [1.54, 1.807) is 0 Å². The van der Waals surface area contributed by atoms with Crippen LogP contribution in [0.2, 0.25) is 0 Å². The molecule has 0 spiro atoms. The average molecular weight is 657 g/mol. The summed E-state index contributed by atoms with van der Waals surface area (Å²) in [4.78, 5) is 15.2. The fourth-order valence-electron chi connectivity index (χ4n) is 7.10. The van der Waals surface area contributed by atoms with E-state index >= 15 is 0 Å². The highest BCUT2D eigenvalue weighted by molar-refractivity contribution is 7.26. The Hall–Kier alpha value is -6.43. The Morgan fingerprint density at radius 3 is 1.74 bits per heavy atom. The van der Waals surface area contributed by atoms with E-state index in [-0.39, 0.29) is 0 Å². The van der Waals surface area contributed by atoms with Gasteiger partial charge < -0.3 is 0 Å². The molecular formula is C45H28N4S. The molecule has 0 aliphatic rings. The van der Waals surface area contributed by atoms with Crippen molar-refractivity contribution in [3.8, 4) is 51.0 Å². The van der Waals surface area contributed by atoms with E-state index < -0.39 is 0 Å². The lowest BCUT2D eigenvalue weighted by molar-refractivity contribution is 0.953. The Balaban J connectivity index is 1.17. The molecule has 3 aromatic heterocycles. The number of rotatable bonds is 5. The number of hydrogen-bond acceptors (Lipinski definition) is 4. The molecule has 0 amide bonds. The molecule has 10 rings (SSSR count). The normalized spacial score (nSPS) is 11.6. The van der Waals surface area contributed by atoms with Crippen molar-refractivity contribution >= 4 is 53.3 Å². The highest BCUT2D eigenvalue weighted by atomic mass is 32.1. The number of para-hydroxylation sites is 1. The molecule has 0 aliphatic heterocycles. The maximum absolute atomic E-state index is 5.12. The minimum atomic E-state index is 0.589. The Kier molecular flexibility index (Phi) is 6.64. The van der Waals surface area contributed by atoms with Gasteiger partial charge in [0.1, 0.15) is 0 Å². The molecule has 0 bridgehead atoms. The van der Waals surface area contributed by atoms with Crippen LogP contribution in [0.5, 0.6) is 0 Å². The van der Waals surface area contributed by atoms with Crippen molar-refractivity contribution in [2.45, 2.75) is 0 Å². The summed E-state index contributed by atoms with van der Waals surface area (Å²) in [7, 11) is 0. The summed E-state index contributed by atoms with van der Waals surface area (Å²) < 4.78 is 4.82. The maximum atomic E-state index is 5.12. The zero-order chi connectivity index (χ0) is 33.0. The molecule has 0 aliphatic carbocycles. The van der Waals surface area contributed by atoms with Crippen molar-refractivity contribution in [3.63, 3.8) is 0 Å². The Labute approximate surface area is 292 Å². The topological polar surface area (TPSA) is 43.6 Å². The van der Waals surface area contributed by atoms with E-state index in [1.165, 1.54) is 31.3 Å². The molecule has 7 aromatic carbocycles. The van der Waals surface area contributed by atoms with Gasteiger partial charge in [-0.25, -0.2) is 4.98 Å². The molecule has 0 radical (unpaired) electrons. The summed E-state index contributed by atoms with van der Waals surface area (Å²) in [6, 6.07) is 59.8. The summed E-state index contributed by atoms with van der Waals surface area (Å²) in [6.07, 6.45) is 0. The van der Waals surface area contributed by atoms with Crippen LogP contribution < -0.4 is 0 Å². The standard InChI is InChI=1S/C45H28N4S/c1-3-13-29(14-4-1)43-46-44(30-15-5-2-6-16-30)48-45(47-43)49-39-23-9-7-19-35(39)36-26-25-32(28-40(36)49)31-17-11-18-33(27-31)34-21-12-22-38-37-20-8-10-24-41(37)50-42(34)38/h1-28H. The van der Waals surface area contributed by atoms with E-state index in [0.717, 1.165) is 44.1 Å². The minimum Gasteiger partial charge on any atom is -0.278 e. The largest absolute Gasteiger partial charge is 0.278 e. The van der Waals surface area contributed by atoms with Gasteiger partial charge in [0.15, 0.2) is 11.6 Å². The average Bonchev–Trinajstić information content (AvgIpc) is 3.74. The van der Waals surface area contributed by atoms with Gasteiger partial charge in [-0.2, -0.15) is 9.97 Å². The quantitative estimate of drug-likeness (QED) is 0.185. The monoisotopic (exact) mass is 656 g/mol. The van der Waals surface area contributed by atoms with Gasteiger partial charge in [-0.1, -0.05) is 146 Å². The summed E-state index contributed by atoms with van der Waals surface area (Å²) in [6.45, 7) is 0. The highest BCUT2D eigenvalue weighted by Gasteiger charge is 2.19. The molecule has 10 aromatic rings. The van der Waals surface area contributed by atoms with E-state index in [0.29, 0.717) is 17.6 Å². The van der Waals surface area contributed by atoms with Crippen LogP contribution in [0.4, 0.5) is 0 Å². The van der Waals surface area contributed by atoms with Crippen LogP contribution in [-0.2, 0) is 0 Å². The molecule has 3 heterocycles. The van der Waals surface area contributed by atoms with E-state index in [2.05, 4.69) is 114 Å². The van der Waals surface area contributed by atoms with Crippen molar-refractivity contribution in [2.24, 2.45) is 0 Å². The van der Waals surface area contributed by atoms with Crippen LogP contribution in [0.3, 0.4) is 0 Å². The fourth-order valence-corrected chi connectivity index (χ4v) is 8.34. The van der Waals surface area contributed by atoms with Crippen LogP contribution in [0.25, 0.3) is 93.0 Å². The fraction of sp³-hybridized carbons (Fsp3) is 0. The summed E-state index contributed by atoms with van der Waals surface area (Å²) in [5, 5.41) is 4.93. The third kappa shape index (κ3) is 4.71. The number of hydrogen-bond donors (Lipinski definition) is 0. The first-order valence-electron chi connectivity index (χ1n) is 16.7. The lowest BCUT2D eigenvalue weighted by Gasteiger charge is -2.12. The van der Waals surface area contributed by atoms with Crippen molar-refractivity contribution in [2.75, 3.05) is 0 Å². The van der Waals surface area contributed by atoms with Crippen molar-refractivity contribution in [1.82, 2.24) is 19.5 Å². The molecule has 0 fully saturated rings. The van der Waals surface area contributed by atoms with Gasteiger partial charge in [-0.05, 0) is 46.5 Å². The van der Waals surface area contributed by atoms with E-state index in [4.69, 9.17) is 15.0 Å². The van der Waals surface area contributed by atoms with Crippen LogP contribution in [0, 0.1) is 0 Å². The second-order valence-electron chi connectivity index (χ2n) is 12.5. The van der Waals surface area contributed by atoms with Gasteiger partial charge in [0.2, 0.25) is 5.95 Å². The first-order valence-corrected chi connectivity index (χ1v) is 17.5. The van der Waals surface area contributed by atoms with Gasteiger partial charge in [0, 0.05) is 42.1 Å². The molecule has 5 heteroatoms. The molecule has 50 heavy (non-hydrogen) atoms. The summed E-state index contributed by atoms with van der Waals surface area (Å²) in [5.41, 5.74) is 8.74. The summed E-state index contributed by atoms with van der Waals surface area (Å²) >= 11 is 1.87. The summed E-state index contributed by atoms with van der Waals surface area (Å²) in [5.74, 6) is 1.87.